The predicted molar refractivity (Wildman–Crippen MR) is 122 cm³/mol. The number of halogens is 6. The van der Waals surface area contributed by atoms with Crippen LogP contribution in [0.2, 0.25) is 0 Å². The van der Waals surface area contributed by atoms with Gasteiger partial charge in [-0.15, -0.1) is 0 Å². The van der Waals surface area contributed by atoms with Crippen molar-refractivity contribution in [3.8, 4) is 0 Å². The van der Waals surface area contributed by atoms with Gasteiger partial charge in [0.15, 0.2) is 0 Å². The van der Waals surface area contributed by atoms with Gasteiger partial charge in [-0.2, -0.15) is 0 Å². The van der Waals surface area contributed by atoms with E-state index in [-0.39, 0.29) is 5.91 Å². The quantitative estimate of drug-likeness (QED) is 0.152. The van der Waals surface area contributed by atoms with E-state index in [1.165, 1.54) is 89.0 Å². The molecule has 0 radical (unpaired) electrons. The van der Waals surface area contributed by atoms with Gasteiger partial charge in [-0.1, -0.05) is 53.4 Å². The maximum absolute atomic E-state index is 10.7. The summed E-state index contributed by atoms with van der Waals surface area (Å²) in [6.45, 7) is 16.3. The molecule has 0 aromatic carbocycles. The van der Waals surface area contributed by atoms with Crippen LogP contribution in [0.15, 0.2) is 0 Å². The van der Waals surface area contributed by atoms with Crippen molar-refractivity contribution >= 4 is 19.7 Å². The Kier molecular flexibility index (Phi) is 20.4. The third-order valence-electron chi connectivity index (χ3n) is 3.94. The first kappa shape index (κ1) is 38.0. The first-order valence-electron chi connectivity index (χ1n) is 10.9. The molecule has 6 nitrogen and oxygen atoms in total. The first-order valence-corrected chi connectivity index (χ1v) is 12.9. The fraction of sp³-hybridized carbons (Fsp3) is 0.895. The third kappa shape index (κ3) is 63.0. The molecule has 32 heavy (non-hydrogen) atoms. The van der Waals surface area contributed by atoms with E-state index in [1.54, 1.807) is 0 Å². The molecule has 0 rings (SSSR count). The smallest absolute Gasteiger partial charge is 0.309 e. The summed E-state index contributed by atoms with van der Waals surface area (Å²) in [6.07, 6.45) is 11.1. The Balaban J connectivity index is -0.000000213. The average molecular weight is 507 g/mol. The third-order valence-corrected chi connectivity index (χ3v) is 3.94. The zero-order chi connectivity index (χ0) is 26.5. The molecular formula is C19H45F6N4O2P. The van der Waals surface area contributed by atoms with Crippen molar-refractivity contribution in [2.45, 2.75) is 86.0 Å². The van der Waals surface area contributed by atoms with E-state index < -0.39 is 13.8 Å². The minimum Gasteiger partial charge on any atom is -0.352 e. The van der Waals surface area contributed by atoms with E-state index in [4.69, 9.17) is 4.79 Å². The average Bonchev–Trinajstić information content (AvgIpc) is 2.57. The summed E-state index contributed by atoms with van der Waals surface area (Å²) in [6, 6.07) is -0.833. The second-order valence-electron chi connectivity index (χ2n) is 7.62. The predicted octanol–water partition coefficient (Wildman–Crippen LogP) is 6.90. The minimum atomic E-state index is -10.7. The van der Waals surface area contributed by atoms with Gasteiger partial charge >= 0.3 is 39.0 Å². The van der Waals surface area contributed by atoms with Gasteiger partial charge < -0.3 is 21.7 Å². The Hall–Kier alpha value is -1.29. The van der Waals surface area contributed by atoms with Gasteiger partial charge in [-0.05, 0) is 25.7 Å². The molecule has 0 aliphatic rings. The van der Waals surface area contributed by atoms with E-state index in [0.717, 1.165) is 0 Å². The summed E-state index contributed by atoms with van der Waals surface area (Å²) >= 11 is 0. The van der Waals surface area contributed by atoms with Gasteiger partial charge in [0, 0.05) is 6.92 Å². The fourth-order valence-electron chi connectivity index (χ4n) is 2.64. The maximum Gasteiger partial charge on any atom is 0.309 e. The molecule has 0 heterocycles. The molecule has 0 aromatic rings. The number of carbonyl (C=O) groups is 2. The molecule has 0 saturated heterocycles. The maximum atomic E-state index is 9.87. The van der Waals surface area contributed by atoms with E-state index in [1.807, 2.05) is 0 Å². The fourth-order valence-corrected chi connectivity index (χ4v) is 2.64. The Morgan fingerprint density at radius 3 is 0.844 bits per heavy atom. The van der Waals surface area contributed by atoms with Gasteiger partial charge in [-0.3, -0.25) is 4.79 Å². The first-order chi connectivity index (χ1) is 14.2. The van der Waals surface area contributed by atoms with Gasteiger partial charge in [0.25, 0.3) is 0 Å². The Morgan fingerprint density at radius 2 is 0.750 bits per heavy atom. The number of amides is 3. The molecular weight excluding hydrogens is 461 g/mol. The van der Waals surface area contributed by atoms with Crippen LogP contribution in [0.1, 0.15) is 86.0 Å². The number of quaternary nitrogens is 1. The summed E-state index contributed by atoms with van der Waals surface area (Å²) in [5.41, 5.74) is 13.0. The van der Waals surface area contributed by atoms with E-state index in [0.29, 0.717) is 0 Å². The van der Waals surface area contributed by atoms with Crippen LogP contribution in [0.25, 0.3) is 0 Å². The summed E-state index contributed by atoms with van der Waals surface area (Å²) in [4.78, 5) is 18.2. The van der Waals surface area contributed by atoms with Gasteiger partial charge in [-0.25, -0.2) is 4.79 Å². The van der Waals surface area contributed by atoms with Crippen molar-refractivity contribution in [3.63, 3.8) is 0 Å². The van der Waals surface area contributed by atoms with Crippen molar-refractivity contribution < 1.29 is 39.3 Å². The summed E-state index contributed by atoms with van der Waals surface area (Å²) in [5, 5.41) is 0. The van der Waals surface area contributed by atoms with Crippen LogP contribution >= 0.6 is 7.81 Å². The van der Waals surface area contributed by atoms with Crippen LogP contribution in [0.4, 0.5) is 30.0 Å². The summed E-state index contributed by atoms with van der Waals surface area (Å²) in [7, 11) is -10.7. The number of rotatable bonds is 12. The van der Waals surface area contributed by atoms with Crippen molar-refractivity contribution in [3.05, 3.63) is 0 Å². The van der Waals surface area contributed by atoms with Crippen LogP contribution in [-0.2, 0) is 4.79 Å². The zero-order valence-corrected chi connectivity index (χ0v) is 21.1. The van der Waals surface area contributed by atoms with Crippen molar-refractivity contribution in [2.75, 3.05) is 26.2 Å². The van der Waals surface area contributed by atoms with Crippen molar-refractivity contribution in [2.24, 2.45) is 17.2 Å². The van der Waals surface area contributed by atoms with Gasteiger partial charge in [0.1, 0.15) is 0 Å². The van der Waals surface area contributed by atoms with Crippen LogP contribution in [0, 0.1) is 0 Å². The second kappa shape index (κ2) is 17.2. The molecule has 0 fully saturated rings. The molecule has 0 unspecified atom stereocenters. The van der Waals surface area contributed by atoms with Crippen LogP contribution in [0.3, 0.4) is 0 Å². The topological polar surface area (TPSA) is 112 Å². The Morgan fingerprint density at radius 1 is 0.625 bits per heavy atom. The van der Waals surface area contributed by atoms with Crippen LogP contribution in [-0.4, -0.2) is 42.6 Å². The summed E-state index contributed by atoms with van der Waals surface area (Å²) in [5.74, 6) is -0.333. The number of primary amides is 3. The Labute approximate surface area is 189 Å². The summed E-state index contributed by atoms with van der Waals surface area (Å²) < 4.78 is 60.6. The van der Waals surface area contributed by atoms with Crippen LogP contribution < -0.4 is 17.2 Å². The molecule has 0 atom stereocenters. The number of hydrogen-bond acceptors (Lipinski definition) is 2. The number of urea groups is 1. The van der Waals surface area contributed by atoms with E-state index >= 15 is 0 Å². The minimum absolute atomic E-state index is 0.333. The molecule has 3 amide bonds. The van der Waals surface area contributed by atoms with Crippen LogP contribution in [0.5, 0.6) is 0 Å². The number of nitrogens with zero attached hydrogens (tertiary/aromatic N) is 1. The number of unbranched alkanes of at least 4 members (excludes halogenated alkanes) is 4. The molecule has 0 saturated carbocycles. The molecule has 0 aliphatic carbocycles. The zero-order valence-electron chi connectivity index (χ0n) is 20.2. The van der Waals surface area contributed by atoms with Gasteiger partial charge in [0.05, 0.1) is 26.2 Å². The molecule has 0 aliphatic heterocycles. The van der Waals surface area contributed by atoms with Gasteiger partial charge in [0.2, 0.25) is 5.91 Å². The molecule has 0 spiro atoms. The normalized spacial score (nSPS) is 13.0. The second-order valence-corrected chi connectivity index (χ2v) is 9.54. The molecule has 0 bridgehead atoms. The largest absolute Gasteiger partial charge is 0.352 e. The van der Waals surface area contributed by atoms with Crippen molar-refractivity contribution in [1.29, 1.82) is 0 Å². The number of nitrogens with two attached hydrogens (primary N) is 3. The molecule has 6 N–H and O–H groups in total. The molecule has 200 valence electrons. The monoisotopic (exact) mass is 506 g/mol. The number of hydrogen-bond donors (Lipinski definition) is 3. The molecule has 0 aromatic heterocycles. The van der Waals surface area contributed by atoms with Crippen molar-refractivity contribution in [1.82, 2.24) is 0 Å². The number of carbonyl (C=O) groups excluding carboxylic acids is 2. The van der Waals surface area contributed by atoms with E-state index in [2.05, 4.69) is 44.9 Å². The molecule has 13 heteroatoms. The SMILES string of the molecule is CC(N)=O.CCCC[N+](CCCC)(CCCC)CCCC.F[P-](F)(F)(F)(F)F.NC(N)=O. The van der Waals surface area contributed by atoms with E-state index in [9.17, 15) is 30.0 Å². The standard InChI is InChI=1S/C16H36N.C2H5NO.CH4N2O.F6P/c1-5-9-13-17(14-10-6-2,15-11-7-3)16-12-8-4;1-2(3)4;2-1(3)4;1-7(2,3,4,5)6/h5-16H2,1-4H3;1H3,(H2,3,4);(H4,2,3,4);/q+1;;;-1. The Bertz CT molecular complexity index is 422.